The summed E-state index contributed by atoms with van der Waals surface area (Å²) in [6.45, 7) is 1.72. The molecule has 0 spiro atoms. The Labute approximate surface area is 183 Å². The monoisotopic (exact) mass is 454 g/mol. The lowest BCUT2D eigenvalue weighted by atomic mass is 10.1. The van der Waals surface area contributed by atoms with Crippen LogP contribution in [0.5, 0.6) is 0 Å². The molecule has 0 radical (unpaired) electrons. The summed E-state index contributed by atoms with van der Waals surface area (Å²) in [4.78, 5) is 17.7. The largest absolute Gasteiger partial charge is 0.380 e. The van der Waals surface area contributed by atoms with E-state index in [2.05, 4.69) is 17.1 Å². The highest BCUT2D eigenvalue weighted by Gasteiger charge is 2.39. The van der Waals surface area contributed by atoms with Gasteiger partial charge in [0, 0.05) is 29.8 Å². The number of rotatable bonds is 13. The molecule has 8 heteroatoms. The third-order valence-electron chi connectivity index (χ3n) is 4.96. The topological polar surface area (TPSA) is 59.5 Å². The van der Waals surface area contributed by atoms with Gasteiger partial charge in [-0.05, 0) is 37.0 Å². The number of carbonyl (C=O) groups excluding carboxylic acids is 1. The molecule has 2 atom stereocenters. The molecular weight excluding hydrogens is 428 g/mol. The molecule has 1 saturated heterocycles. The average molecular weight is 455 g/mol. The first-order valence-corrected chi connectivity index (χ1v) is 12.6. The maximum absolute atomic E-state index is 12.4. The van der Waals surface area contributed by atoms with Crippen molar-refractivity contribution in [3.63, 3.8) is 0 Å². The molecule has 1 aliphatic heterocycles. The molecule has 29 heavy (non-hydrogen) atoms. The first kappa shape index (κ1) is 22.4. The Kier molecular flexibility index (Phi) is 9.11. The Morgan fingerprint density at radius 3 is 2.69 bits per heavy atom. The van der Waals surface area contributed by atoms with Crippen molar-refractivity contribution in [2.75, 3.05) is 19.8 Å². The molecule has 5 nitrogen and oxygen atoms in total. The Hall–Kier alpha value is -1.28. The summed E-state index contributed by atoms with van der Waals surface area (Å²) in [6.07, 6.45) is 7.65. The zero-order valence-corrected chi connectivity index (χ0v) is 18.8. The van der Waals surface area contributed by atoms with Crippen LogP contribution < -0.4 is 0 Å². The van der Waals surface area contributed by atoms with Crippen molar-refractivity contribution in [1.82, 2.24) is 9.88 Å². The number of halogens is 1. The van der Waals surface area contributed by atoms with Gasteiger partial charge in [0.05, 0.1) is 29.6 Å². The lowest BCUT2D eigenvalue weighted by Crippen LogP contribution is -2.55. The highest BCUT2D eigenvalue weighted by molar-refractivity contribution is 7.85. The van der Waals surface area contributed by atoms with Crippen molar-refractivity contribution in [3.8, 4) is 0 Å². The predicted molar refractivity (Wildman–Crippen MR) is 119 cm³/mol. The Morgan fingerprint density at radius 2 is 1.97 bits per heavy atom. The zero-order chi connectivity index (χ0) is 20.5. The second-order valence-corrected chi connectivity index (χ2v) is 10.1. The zero-order valence-electron chi connectivity index (χ0n) is 16.4. The molecule has 1 aromatic heterocycles. The van der Waals surface area contributed by atoms with Gasteiger partial charge in [0.2, 0.25) is 5.91 Å². The number of aromatic nitrogens is 1. The van der Waals surface area contributed by atoms with Crippen molar-refractivity contribution >= 4 is 39.6 Å². The van der Waals surface area contributed by atoms with E-state index in [1.54, 1.807) is 11.1 Å². The Morgan fingerprint density at radius 1 is 1.17 bits per heavy atom. The van der Waals surface area contributed by atoms with Gasteiger partial charge < -0.3 is 9.64 Å². The quantitative estimate of drug-likeness (QED) is 0.332. The fourth-order valence-electron chi connectivity index (χ4n) is 3.27. The Balaban J connectivity index is 1.21. The number of ether oxygens (including phenoxy) is 1. The van der Waals surface area contributed by atoms with Crippen molar-refractivity contribution in [3.05, 3.63) is 51.4 Å². The van der Waals surface area contributed by atoms with Crippen molar-refractivity contribution in [2.45, 2.75) is 49.7 Å². The SMILES string of the molecule is O=C1C[C@@H](S(=O)Cc2nccs2)N1CCOCCCCCCc1ccc(Cl)cc1. The molecule has 0 N–H and O–H groups in total. The predicted octanol–water partition coefficient (Wildman–Crippen LogP) is 4.42. The lowest BCUT2D eigenvalue weighted by Gasteiger charge is -2.39. The molecule has 1 unspecified atom stereocenters. The summed E-state index contributed by atoms with van der Waals surface area (Å²) < 4.78 is 18.1. The normalized spacial score (nSPS) is 17.3. The fourth-order valence-corrected chi connectivity index (χ4v) is 5.77. The second kappa shape index (κ2) is 11.8. The van der Waals surface area contributed by atoms with Crippen LogP contribution in [0.3, 0.4) is 0 Å². The molecule has 1 amide bonds. The first-order chi connectivity index (χ1) is 14.1. The van der Waals surface area contributed by atoms with Crippen LogP contribution in [0.2, 0.25) is 5.02 Å². The van der Waals surface area contributed by atoms with Gasteiger partial charge in [-0.25, -0.2) is 4.98 Å². The lowest BCUT2D eigenvalue weighted by molar-refractivity contribution is -0.142. The number of nitrogens with zero attached hydrogens (tertiary/aromatic N) is 2. The van der Waals surface area contributed by atoms with E-state index in [-0.39, 0.29) is 11.3 Å². The molecule has 0 aliphatic carbocycles. The maximum atomic E-state index is 12.4. The molecule has 3 rings (SSSR count). The van der Waals surface area contributed by atoms with E-state index in [1.165, 1.54) is 23.3 Å². The van der Waals surface area contributed by atoms with Crippen molar-refractivity contribution < 1.29 is 13.7 Å². The summed E-state index contributed by atoms with van der Waals surface area (Å²) in [5.74, 6) is 0.483. The molecule has 0 bridgehead atoms. The number of hydrogen-bond acceptors (Lipinski definition) is 5. The van der Waals surface area contributed by atoms with Crippen molar-refractivity contribution in [1.29, 1.82) is 0 Å². The summed E-state index contributed by atoms with van der Waals surface area (Å²) in [7, 11) is -1.10. The summed E-state index contributed by atoms with van der Waals surface area (Å²) >= 11 is 7.39. The smallest absolute Gasteiger partial charge is 0.226 e. The minimum absolute atomic E-state index is 0.0632. The molecular formula is C21H27ClN2O3S2. The summed E-state index contributed by atoms with van der Waals surface area (Å²) in [5, 5.41) is 3.32. The van der Waals surface area contributed by atoms with Crippen LogP contribution in [0.15, 0.2) is 35.8 Å². The number of carbonyl (C=O) groups is 1. The van der Waals surface area contributed by atoms with E-state index < -0.39 is 10.8 Å². The first-order valence-electron chi connectivity index (χ1n) is 10.0. The van der Waals surface area contributed by atoms with E-state index in [0.717, 1.165) is 35.7 Å². The van der Waals surface area contributed by atoms with Crippen LogP contribution in [-0.2, 0) is 32.5 Å². The molecule has 2 aromatic rings. The van der Waals surface area contributed by atoms with Gasteiger partial charge in [-0.15, -0.1) is 11.3 Å². The maximum Gasteiger partial charge on any atom is 0.226 e. The van der Waals surface area contributed by atoms with Crippen LogP contribution in [0.25, 0.3) is 0 Å². The van der Waals surface area contributed by atoms with Gasteiger partial charge in [-0.2, -0.15) is 0 Å². The van der Waals surface area contributed by atoms with Gasteiger partial charge >= 0.3 is 0 Å². The van der Waals surface area contributed by atoms with Crippen LogP contribution in [0.1, 0.15) is 42.7 Å². The second-order valence-electron chi connectivity index (χ2n) is 7.10. The van der Waals surface area contributed by atoms with E-state index in [1.807, 2.05) is 17.5 Å². The minimum atomic E-state index is -1.10. The number of benzene rings is 1. The van der Waals surface area contributed by atoms with E-state index in [4.69, 9.17) is 16.3 Å². The number of amides is 1. The summed E-state index contributed by atoms with van der Waals surface area (Å²) in [5.41, 5.74) is 1.33. The molecule has 1 fully saturated rings. The van der Waals surface area contributed by atoms with Crippen LogP contribution in [-0.4, -0.2) is 45.1 Å². The van der Waals surface area contributed by atoms with Crippen LogP contribution in [0, 0.1) is 0 Å². The Bertz CT molecular complexity index is 784. The highest BCUT2D eigenvalue weighted by atomic mass is 35.5. The van der Waals surface area contributed by atoms with E-state index in [0.29, 0.717) is 31.9 Å². The van der Waals surface area contributed by atoms with Gasteiger partial charge in [0.15, 0.2) is 0 Å². The third-order valence-corrected chi connectivity index (χ3v) is 7.76. The van der Waals surface area contributed by atoms with Gasteiger partial charge in [-0.3, -0.25) is 9.00 Å². The third kappa shape index (κ3) is 7.17. The van der Waals surface area contributed by atoms with Gasteiger partial charge in [-0.1, -0.05) is 36.6 Å². The highest BCUT2D eigenvalue weighted by Crippen LogP contribution is 2.24. The molecule has 2 heterocycles. The van der Waals surface area contributed by atoms with Crippen LogP contribution >= 0.6 is 22.9 Å². The molecule has 0 saturated carbocycles. The van der Waals surface area contributed by atoms with Gasteiger partial charge in [0.1, 0.15) is 10.4 Å². The number of β-lactam (4-membered cyclic amide) rings is 1. The number of aryl methyl sites for hydroxylation is 1. The molecule has 1 aromatic carbocycles. The number of hydrogen-bond donors (Lipinski definition) is 0. The average Bonchev–Trinajstić information content (AvgIpc) is 3.21. The number of likely N-dealkylation sites (tertiary alicyclic amines) is 1. The van der Waals surface area contributed by atoms with E-state index in [9.17, 15) is 9.00 Å². The standard InChI is InChI=1S/C21H27ClN2O3S2/c22-18-8-6-17(7-9-18)5-3-1-2-4-12-27-13-11-24-20(25)15-21(24)29(26)16-19-23-10-14-28-19/h6-10,14,21H,1-5,11-13,15-16H2/t21-,29?/m1/s1. The van der Waals surface area contributed by atoms with Crippen molar-refractivity contribution in [2.24, 2.45) is 0 Å². The molecule has 158 valence electrons. The number of unbranched alkanes of at least 4 members (excludes halogenated alkanes) is 3. The minimum Gasteiger partial charge on any atom is -0.380 e. The van der Waals surface area contributed by atoms with E-state index >= 15 is 0 Å². The fraction of sp³-hybridized carbons (Fsp3) is 0.524. The van der Waals surface area contributed by atoms with Gasteiger partial charge in [0.25, 0.3) is 0 Å². The number of thiazole rings is 1. The molecule has 1 aliphatic rings. The van der Waals surface area contributed by atoms with Crippen LogP contribution in [0.4, 0.5) is 0 Å². The summed E-state index contributed by atoms with van der Waals surface area (Å²) in [6, 6.07) is 8.04.